The van der Waals surface area contributed by atoms with Crippen LogP contribution in [0.4, 0.5) is 0 Å². The van der Waals surface area contributed by atoms with Crippen LogP contribution in [-0.4, -0.2) is 25.3 Å². The third kappa shape index (κ3) is 6.33. The Morgan fingerprint density at radius 1 is 1.32 bits per heavy atom. The van der Waals surface area contributed by atoms with E-state index in [2.05, 4.69) is 11.6 Å². The van der Waals surface area contributed by atoms with Crippen molar-refractivity contribution in [3.05, 3.63) is 47.3 Å². The smallest absolute Gasteiger partial charge is 0.130 e. The highest BCUT2D eigenvalue weighted by atomic mass is 35.5. The van der Waals surface area contributed by atoms with E-state index < -0.39 is 0 Å². The molecule has 0 bridgehead atoms. The minimum absolute atomic E-state index is 0.624. The van der Waals surface area contributed by atoms with Crippen LogP contribution in [0.5, 0.6) is 5.75 Å². The Kier molecular flexibility index (Phi) is 7.71. The number of ether oxygens (including phenoxy) is 2. The summed E-state index contributed by atoms with van der Waals surface area (Å²) in [5.41, 5.74) is 7.42. The van der Waals surface area contributed by atoms with Gasteiger partial charge in [0.15, 0.2) is 0 Å². The molecule has 0 saturated heterocycles. The first kappa shape index (κ1) is 18.3. The van der Waals surface area contributed by atoms with Crippen molar-refractivity contribution in [2.45, 2.75) is 20.3 Å². The van der Waals surface area contributed by atoms with E-state index in [1.165, 1.54) is 0 Å². The molecule has 0 saturated carbocycles. The van der Waals surface area contributed by atoms with Crippen LogP contribution < -0.4 is 10.5 Å². The molecule has 22 heavy (non-hydrogen) atoms. The van der Waals surface area contributed by atoms with Gasteiger partial charge in [0.25, 0.3) is 0 Å². The van der Waals surface area contributed by atoms with Crippen LogP contribution in [0.15, 0.2) is 36.5 Å². The van der Waals surface area contributed by atoms with Gasteiger partial charge in [0, 0.05) is 42.3 Å². The number of aromatic nitrogens is 1. The number of halogens is 1. The standard InChI is InChI=1S/C14H16ClNO2.C3H7N/c1-10-8-14(18-7-3-6-17-2)12-9-11(15)4-5-13(12)16-10;1-3(2)4/h4-5,8-9H,3,6-7H2,1-2H3;1,4H2,2H3. The van der Waals surface area contributed by atoms with Gasteiger partial charge in [-0.05, 0) is 37.7 Å². The van der Waals surface area contributed by atoms with E-state index in [9.17, 15) is 0 Å². The number of hydrogen-bond acceptors (Lipinski definition) is 4. The van der Waals surface area contributed by atoms with Crippen molar-refractivity contribution in [1.29, 1.82) is 0 Å². The molecule has 120 valence electrons. The maximum absolute atomic E-state index is 6.01. The molecule has 1 aromatic heterocycles. The fourth-order valence-electron chi connectivity index (χ4n) is 1.80. The molecular formula is C17H23ClN2O2. The monoisotopic (exact) mass is 322 g/mol. The molecule has 2 N–H and O–H groups in total. The number of benzene rings is 1. The zero-order chi connectivity index (χ0) is 16.5. The minimum atomic E-state index is 0.624. The number of aryl methyl sites for hydroxylation is 1. The Morgan fingerprint density at radius 2 is 2.00 bits per heavy atom. The molecule has 4 nitrogen and oxygen atoms in total. The summed E-state index contributed by atoms with van der Waals surface area (Å²) in [7, 11) is 1.69. The van der Waals surface area contributed by atoms with Gasteiger partial charge in [0.05, 0.1) is 12.1 Å². The molecule has 0 aliphatic heterocycles. The second kappa shape index (κ2) is 9.28. The van der Waals surface area contributed by atoms with E-state index in [1.54, 1.807) is 14.0 Å². The molecule has 0 aliphatic carbocycles. The predicted octanol–water partition coefficient (Wildman–Crippen LogP) is 4.09. The van der Waals surface area contributed by atoms with Gasteiger partial charge in [0.1, 0.15) is 5.75 Å². The second-order valence-electron chi connectivity index (χ2n) is 4.96. The summed E-state index contributed by atoms with van der Waals surface area (Å²) in [5, 5.41) is 1.64. The molecular weight excluding hydrogens is 300 g/mol. The minimum Gasteiger partial charge on any atom is -0.493 e. The summed E-state index contributed by atoms with van der Waals surface area (Å²) < 4.78 is 10.8. The van der Waals surface area contributed by atoms with Crippen LogP contribution in [-0.2, 0) is 4.74 Å². The maximum Gasteiger partial charge on any atom is 0.130 e. The molecule has 5 heteroatoms. The Labute approximate surface area is 136 Å². The van der Waals surface area contributed by atoms with E-state index in [4.69, 9.17) is 26.8 Å². The summed E-state index contributed by atoms with van der Waals surface area (Å²) in [6.45, 7) is 8.36. The van der Waals surface area contributed by atoms with Gasteiger partial charge in [0.2, 0.25) is 0 Å². The van der Waals surface area contributed by atoms with Gasteiger partial charge in [-0.3, -0.25) is 4.98 Å². The molecule has 2 aromatic rings. The molecule has 0 aliphatic rings. The lowest BCUT2D eigenvalue weighted by Gasteiger charge is -2.10. The Balaban J connectivity index is 0.000000541. The Hall–Kier alpha value is -1.78. The average Bonchev–Trinajstić information content (AvgIpc) is 2.43. The first-order valence-electron chi connectivity index (χ1n) is 7.03. The number of fused-ring (bicyclic) bond motifs is 1. The lowest BCUT2D eigenvalue weighted by molar-refractivity contribution is 0.172. The maximum atomic E-state index is 6.01. The van der Waals surface area contributed by atoms with E-state index >= 15 is 0 Å². The average molecular weight is 323 g/mol. The van der Waals surface area contributed by atoms with Crippen molar-refractivity contribution in [2.75, 3.05) is 20.3 Å². The van der Waals surface area contributed by atoms with Gasteiger partial charge in [-0.15, -0.1) is 0 Å². The molecule has 0 atom stereocenters. The van der Waals surface area contributed by atoms with Gasteiger partial charge < -0.3 is 15.2 Å². The Bertz CT molecular complexity index is 625. The van der Waals surface area contributed by atoms with Crippen LogP contribution >= 0.6 is 11.6 Å². The third-order valence-electron chi connectivity index (χ3n) is 2.61. The van der Waals surface area contributed by atoms with Gasteiger partial charge in [-0.1, -0.05) is 18.2 Å². The Morgan fingerprint density at radius 3 is 2.64 bits per heavy atom. The van der Waals surface area contributed by atoms with Crippen molar-refractivity contribution < 1.29 is 9.47 Å². The highest BCUT2D eigenvalue weighted by Gasteiger charge is 2.06. The fourth-order valence-corrected chi connectivity index (χ4v) is 1.97. The molecule has 1 aromatic carbocycles. The number of hydrogen-bond donors (Lipinski definition) is 1. The first-order valence-corrected chi connectivity index (χ1v) is 7.41. The summed E-state index contributed by atoms with van der Waals surface area (Å²) in [6, 6.07) is 7.57. The molecule has 0 spiro atoms. The normalized spacial score (nSPS) is 10.0. The summed E-state index contributed by atoms with van der Waals surface area (Å²) in [6.07, 6.45) is 0.861. The number of pyridine rings is 1. The fraction of sp³-hybridized carbons (Fsp3) is 0.353. The number of nitrogens with two attached hydrogens (primary N) is 1. The van der Waals surface area contributed by atoms with E-state index in [0.717, 1.165) is 28.8 Å². The van der Waals surface area contributed by atoms with Crippen molar-refractivity contribution in [3.8, 4) is 5.75 Å². The van der Waals surface area contributed by atoms with Crippen LogP contribution in [0.3, 0.4) is 0 Å². The SMILES string of the molecule is C=C(C)N.COCCCOc1cc(C)nc2ccc(Cl)cc12. The van der Waals surface area contributed by atoms with E-state index in [1.807, 2.05) is 31.2 Å². The first-order chi connectivity index (χ1) is 10.4. The van der Waals surface area contributed by atoms with E-state index in [0.29, 0.717) is 23.9 Å². The molecule has 2 rings (SSSR count). The van der Waals surface area contributed by atoms with E-state index in [-0.39, 0.29) is 0 Å². The number of allylic oxidation sites excluding steroid dienone is 1. The highest BCUT2D eigenvalue weighted by molar-refractivity contribution is 6.31. The third-order valence-corrected chi connectivity index (χ3v) is 2.85. The quantitative estimate of drug-likeness (QED) is 0.842. The topological polar surface area (TPSA) is 57.4 Å². The lowest BCUT2D eigenvalue weighted by Crippen LogP contribution is -2.02. The molecule has 0 fully saturated rings. The van der Waals surface area contributed by atoms with Gasteiger partial charge in [-0.2, -0.15) is 0 Å². The van der Waals surface area contributed by atoms with Crippen molar-refractivity contribution in [2.24, 2.45) is 5.73 Å². The zero-order valence-corrected chi connectivity index (χ0v) is 14.1. The molecule has 0 radical (unpaired) electrons. The second-order valence-corrected chi connectivity index (χ2v) is 5.40. The largest absolute Gasteiger partial charge is 0.493 e. The summed E-state index contributed by atoms with van der Waals surface area (Å²) in [4.78, 5) is 4.46. The van der Waals surface area contributed by atoms with Gasteiger partial charge in [-0.25, -0.2) is 0 Å². The molecule has 1 heterocycles. The van der Waals surface area contributed by atoms with Crippen molar-refractivity contribution in [1.82, 2.24) is 4.98 Å². The molecule has 0 amide bonds. The van der Waals surface area contributed by atoms with Crippen LogP contribution in [0.25, 0.3) is 10.9 Å². The van der Waals surface area contributed by atoms with Crippen LogP contribution in [0.1, 0.15) is 19.0 Å². The predicted molar refractivity (Wildman–Crippen MR) is 92.5 cm³/mol. The summed E-state index contributed by atoms with van der Waals surface area (Å²) >= 11 is 6.01. The number of methoxy groups -OCH3 is 1. The van der Waals surface area contributed by atoms with Gasteiger partial charge >= 0.3 is 0 Å². The van der Waals surface area contributed by atoms with Crippen molar-refractivity contribution in [3.63, 3.8) is 0 Å². The highest BCUT2D eigenvalue weighted by Crippen LogP contribution is 2.28. The van der Waals surface area contributed by atoms with Crippen LogP contribution in [0, 0.1) is 6.92 Å². The summed E-state index contributed by atoms with van der Waals surface area (Å²) in [5.74, 6) is 0.830. The van der Waals surface area contributed by atoms with Crippen molar-refractivity contribution >= 4 is 22.5 Å². The number of rotatable bonds is 5. The van der Waals surface area contributed by atoms with Crippen LogP contribution in [0.2, 0.25) is 5.02 Å². The zero-order valence-electron chi connectivity index (χ0n) is 13.4. The molecule has 0 unspecified atom stereocenters. The number of nitrogens with zero attached hydrogens (tertiary/aromatic N) is 1. The lowest BCUT2D eigenvalue weighted by atomic mass is 10.2.